The summed E-state index contributed by atoms with van der Waals surface area (Å²) in [5, 5.41) is 0. The van der Waals surface area contributed by atoms with Gasteiger partial charge in [0.05, 0.1) is 17.1 Å². The Morgan fingerprint density at radius 3 is 1.70 bits per heavy atom. The highest BCUT2D eigenvalue weighted by molar-refractivity contribution is 5.86. The number of aromatic nitrogens is 1. The van der Waals surface area contributed by atoms with Crippen LogP contribution < -0.4 is 4.90 Å². The van der Waals surface area contributed by atoms with Crippen LogP contribution in [0, 0.1) is 0 Å². The van der Waals surface area contributed by atoms with E-state index in [1.807, 2.05) is 38.2 Å². The second-order valence-corrected chi connectivity index (χ2v) is 7.76. The normalized spacial score (nSPS) is 13.5. The molecule has 1 aliphatic rings. The van der Waals surface area contributed by atoms with Gasteiger partial charge in [0.2, 0.25) is 0 Å². The zero-order valence-corrected chi connectivity index (χ0v) is 18.1. The second-order valence-electron chi connectivity index (χ2n) is 7.76. The summed E-state index contributed by atoms with van der Waals surface area (Å²) in [5.74, 6) is 0. The van der Waals surface area contributed by atoms with Crippen LogP contribution in [-0.2, 0) is 5.41 Å². The maximum atomic E-state index is 4.47. The minimum Gasteiger partial charge on any atom is -0.310 e. The highest BCUT2D eigenvalue weighted by atomic mass is 15.2. The Labute approximate surface area is 179 Å². The lowest BCUT2D eigenvalue weighted by Gasteiger charge is -2.42. The Kier molecular flexibility index (Phi) is 5.41. The van der Waals surface area contributed by atoms with E-state index >= 15 is 0 Å². The van der Waals surface area contributed by atoms with Crippen LogP contribution in [0.5, 0.6) is 0 Å². The summed E-state index contributed by atoms with van der Waals surface area (Å²) in [5.41, 5.74) is 8.45. The first kappa shape index (κ1) is 19.9. The largest absolute Gasteiger partial charge is 0.310 e. The van der Waals surface area contributed by atoms with Crippen LogP contribution in [0.3, 0.4) is 0 Å². The number of hydrogen-bond donors (Lipinski definition) is 0. The molecule has 0 amide bonds. The number of anilines is 3. The predicted octanol–water partition coefficient (Wildman–Crippen LogP) is 7.88. The molecule has 30 heavy (non-hydrogen) atoms. The zero-order chi connectivity index (χ0) is 21.1. The van der Waals surface area contributed by atoms with Gasteiger partial charge in [0, 0.05) is 22.9 Å². The first-order valence-electron chi connectivity index (χ1n) is 10.7. The van der Waals surface area contributed by atoms with E-state index in [0.717, 1.165) is 16.9 Å². The van der Waals surface area contributed by atoms with Crippen LogP contribution in [0.4, 0.5) is 17.1 Å². The molecule has 2 heteroatoms. The molecule has 1 aromatic heterocycles. The maximum Gasteiger partial charge on any atom is 0.0701 e. The number of nitrogens with zero attached hydrogens (tertiary/aromatic N) is 2. The van der Waals surface area contributed by atoms with Crippen LogP contribution in [0.25, 0.3) is 11.3 Å². The van der Waals surface area contributed by atoms with Crippen molar-refractivity contribution < 1.29 is 0 Å². The Balaban J connectivity index is 0.00000106. The lowest BCUT2D eigenvalue weighted by Crippen LogP contribution is -2.30. The zero-order valence-electron chi connectivity index (χ0n) is 18.1. The number of benzene rings is 3. The summed E-state index contributed by atoms with van der Waals surface area (Å²) in [6.45, 7) is 8.62. The molecule has 0 saturated heterocycles. The van der Waals surface area contributed by atoms with Crippen molar-refractivity contribution in [2.24, 2.45) is 0 Å². The maximum absolute atomic E-state index is 4.47. The summed E-state index contributed by atoms with van der Waals surface area (Å²) in [6.07, 6.45) is 1.84. The van der Waals surface area contributed by atoms with E-state index in [9.17, 15) is 0 Å². The van der Waals surface area contributed by atoms with Crippen molar-refractivity contribution in [1.82, 2.24) is 4.98 Å². The Hall–Kier alpha value is -3.39. The average molecular weight is 393 g/mol. The average Bonchev–Trinajstić information content (AvgIpc) is 2.82. The monoisotopic (exact) mass is 392 g/mol. The molecule has 150 valence electrons. The van der Waals surface area contributed by atoms with Crippen molar-refractivity contribution in [1.29, 1.82) is 0 Å². The summed E-state index contributed by atoms with van der Waals surface area (Å²) >= 11 is 0. The van der Waals surface area contributed by atoms with E-state index in [-0.39, 0.29) is 5.41 Å². The molecule has 0 spiro atoms. The van der Waals surface area contributed by atoms with Crippen molar-refractivity contribution in [3.63, 3.8) is 0 Å². The van der Waals surface area contributed by atoms with Gasteiger partial charge in [0.1, 0.15) is 0 Å². The third-order valence-electron chi connectivity index (χ3n) is 5.72. The first-order valence-corrected chi connectivity index (χ1v) is 10.7. The first-order chi connectivity index (χ1) is 14.7. The van der Waals surface area contributed by atoms with Crippen LogP contribution in [0.15, 0.2) is 97.2 Å². The minimum absolute atomic E-state index is 0.0302. The lowest BCUT2D eigenvalue weighted by atomic mass is 9.73. The summed E-state index contributed by atoms with van der Waals surface area (Å²) in [6, 6.07) is 32.2. The molecule has 0 N–H and O–H groups in total. The Morgan fingerprint density at radius 1 is 0.633 bits per heavy atom. The van der Waals surface area contributed by atoms with Gasteiger partial charge >= 0.3 is 0 Å². The van der Waals surface area contributed by atoms with Crippen molar-refractivity contribution in [3.8, 4) is 11.3 Å². The molecule has 2 nitrogen and oxygen atoms in total. The smallest absolute Gasteiger partial charge is 0.0701 e. The van der Waals surface area contributed by atoms with Crippen LogP contribution in [-0.4, -0.2) is 4.98 Å². The number of fused-ring (bicyclic) bond motifs is 2. The topological polar surface area (TPSA) is 16.1 Å². The fourth-order valence-corrected chi connectivity index (χ4v) is 4.26. The standard InChI is InChI=1S/C26H22N2.C2H6/c1-26(2)21-9-3-5-12-24(21)28(25-13-6-4-10-22(25)26)20-16-14-19(15-17-20)23-11-7-8-18-27-23;1-2/h3-18H,1-2H3;1-2H3. The van der Waals surface area contributed by atoms with Crippen molar-refractivity contribution in [3.05, 3.63) is 108 Å². The van der Waals surface area contributed by atoms with Gasteiger partial charge in [-0.3, -0.25) is 4.98 Å². The van der Waals surface area contributed by atoms with Gasteiger partial charge < -0.3 is 4.90 Å². The van der Waals surface area contributed by atoms with E-state index in [4.69, 9.17) is 0 Å². The van der Waals surface area contributed by atoms with Gasteiger partial charge in [0.15, 0.2) is 0 Å². The van der Waals surface area contributed by atoms with Crippen molar-refractivity contribution >= 4 is 17.1 Å². The Morgan fingerprint density at radius 2 is 1.17 bits per heavy atom. The van der Waals surface area contributed by atoms with Crippen LogP contribution in [0.2, 0.25) is 0 Å². The molecule has 0 atom stereocenters. The third kappa shape index (κ3) is 3.29. The minimum atomic E-state index is -0.0302. The second kappa shape index (κ2) is 8.16. The SMILES string of the molecule is CC.CC1(C)c2ccccc2N(c2ccc(-c3ccccn3)cc2)c2ccccc21. The summed E-state index contributed by atoms with van der Waals surface area (Å²) in [4.78, 5) is 6.84. The molecule has 0 radical (unpaired) electrons. The van der Waals surface area contributed by atoms with Crippen molar-refractivity contribution in [2.75, 3.05) is 4.90 Å². The van der Waals surface area contributed by atoms with Gasteiger partial charge in [-0.15, -0.1) is 0 Å². The van der Waals surface area contributed by atoms with Crippen LogP contribution >= 0.6 is 0 Å². The summed E-state index contributed by atoms with van der Waals surface area (Å²) < 4.78 is 0. The fourth-order valence-electron chi connectivity index (χ4n) is 4.26. The van der Waals surface area contributed by atoms with E-state index < -0.39 is 0 Å². The molecule has 0 bridgehead atoms. The molecule has 2 heterocycles. The number of rotatable bonds is 2. The van der Waals surface area contributed by atoms with Gasteiger partial charge in [0.25, 0.3) is 0 Å². The molecule has 4 aromatic rings. The molecule has 3 aromatic carbocycles. The van der Waals surface area contributed by atoms with Gasteiger partial charge in [-0.2, -0.15) is 0 Å². The molecule has 1 aliphatic heterocycles. The molecule has 0 saturated carbocycles. The highest BCUT2D eigenvalue weighted by Crippen LogP contribution is 2.51. The molecular weight excluding hydrogens is 364 g/mol. The van der Waals surface area contributed by atoms with E-state index in [2.05, 4.69) is 96.5 Å². The molecule has 0 fully saturated rings. The van der Waals surface area contributed by atoms with Gasteiger partial charge in [-0.25, -0.2) is 0 Å². The van der Waals surface area contributed by atoms with E-state index in [0.29, 0.717) is 0 Å². The predicted molar refractivity (Wildman–Crippen MR) is 128 cm³/mol. The van der Waals surface area contributed by atoms with E-state index in [1.54, 1.807) is 0 Å². The fraction of sp³-hybridized carbons (Fsp3) is 0.179. The third-order valence-corrected chi connectivity index (χ3v) is 5.72. The molecule has 5 rings (SSSR count). The number of hydrogen-bond acceptors (Lipinski definition) is 2. The lowest BCUT2D eigenvalue weighted by molar-refractivity contribution is 0.632. The molecule has 0 unspecified atom stereocenters. The number of para-hydroxylation sites is 2. The number of pyridine rings is 1. The van der Waals surface area contributed by atoms with E-state index in [1.165, 1.54) is 22.5 Å². The molecule has 0 aliphatic carbocycles. The Bertz CT molecular complexity index is 1080. The highest BCUT2D eigenvalue weighted by Gasteiger charge is 2.36. The quantitative estimate of drug-likeness (QED) is 0.345. The van der Waals surface area contributed by atoms with Crippen molar-refractivity contribution in [2.45, 2.75) is 33.1 Å². The van der Waals surface area contributed by atoms with Crippen LogP contribution in [0.1, 0.15) is 38.8 Å². The van der Waals surface area contributed by atoms with Gasteiger partial charge in [-0.1, -0.05) is 82.3 Å². The van der Waals surface area contributed by atoms with Gasteiger partial charge in [-0.05, 0) is 47.5 Å². The summed E-state index contributed by atoms with van der Waals surface area (Å²) in [7, 11) is 0. The molecular formula is C28H28N2.